The second-order valence-electron chi connectivity index (χ2n) is 1.25. The van der Waals surface area contributed by atoms with Crippen molar-refractivity contribution in [3.63, 3.8) is 0 Å². The molecule has 0 aromatic carbocycles. The van der Waals surface area contributed by atoms with Gasteiger partial charge in [0.05, 0.1) is 0 Å². The fraction of sp³-hybridized carbons (Fsp3) is 0.500. The Bertz CT molecular complexity index is 64.6. The van der Waals surface area contributed by atoms with Gasteiger partial charge in [-0.3, -0.25) is 4.79 Å². The molecule has 0 rings (SSSR count). The summed E-state index contributed by atoms with van der Waals surface area (Å²) in [5, 5.41) is 0. The van der Waals surface area contributed by atoms with Gasteiger partial charge in [0.2, 0.25) is 0 Å². The van der Waals surface area contributed by atoms with E-state index < -0.39 is 0 Å². The lowest BCUT2D eigenvalue weighted by molar-refractivity contribution is 0.552. The van der Waals surface area contributed by atoms with Crippen LogP contribution in [-0.4, -0.2) is 6.29 Å². The summed E-state index contributed by atoms with van der Waals surface area (Å²) in [6.07, 6.45) is 7.04. The smallest absolute Gasteiger partial charge is 0.198 e. The highest BCUT2D eigenvalue weighted by Crippen LogP contribution is 1.84. The monoisotopic (exact) mass is 97.1 g/mol. The van der Waals surface area contributed by atoms with Crippen molar-refractivity contribution in [3.8, 4) is 0 Å². The molecule has 0 aromatic heterocycles. The zero-order valence-electron chi connectivity index (χ0n) is 4.48. The third-order valence-electron chi connectivity index (χ3n) is 0.649. The molecule has 1 radical (unpaired) electrons. The summed E-state index contributed by atoms with van der Waals surface area (Å²) in [5.74, 6) is 0. The van der Waals surface area contributed by atoms with E-state index in [9.17, 15) is 4.79 Å². The molecule has 0 fully saturated rings. The van der Waals surface area contributed by atoms with E-state index in [1.165, 1.54) is 0 Å². The van der Waals surface area contributed by atoms with Crippen molar-refractivity contribution in [1.82, 2.24) is 0 Å². The summed E-state index contributed by atoms with van der Waals surface area (Å²) in [5.41, 5.74) is 0. The van der Waals surface area contributed by atoms with Crippen LogP contribution >= 0.6 is 0 Å². The Morgan fingerprint density at radius 3 is 2.86 bits per heavy atom. The number of rotatable bonds is 3. The quantitative estimate of drug-likeness (QED) is 0.385. The summed E-state index contributed by atoms with van der Waals surface area (Å²) in [6, 6.07) is 0. The van der Waals surface area contributed by atoms with Gasteiger partial charge >= 0.3 is 0 Å². The Balaban J connectivity index is 2.82. The van der Waals surface area contributed by atoms with Gasteiger partial charge in [-0.05, 0) is 13.3 Å². The van der Waals surface area contributed by atoms with Crippen LogP contribution in [0.15, 0.2) is 12.2 Å². The highest BCUT2D eigenvalue weighted by Gasteiger charge is 1.74. The second-order valence-corrected chi connectivity index (χ2v) is 1.25. The first-order chi connectivity index (χ1) is 3.41. The molecule has 0 unspecified atom stereocenters. The highest BCUT2D eigenvalue weighted by molar-refractivity contribution is 5.50. The minimum Gasteiger partial charge on any atom is -0.291 e. The Morgan fingerprint density at radius 1 is 1.71 bits per heavy atom. The van der Waals surface area contributed by atoms with E-state index in [2.05, 4.69) is 0 Å². The summed E-state index contributed by atoms with van der Waals surface area (Å²) in [6.45, 7) is 1.94. The van der Waals surface area contributed by atoms with Gasteiger partial charge in [0.15, 0.2) is 6.29 Å². The van der Waals surface area contributed by atoms with Crippen molar-refractivity contribution in [3.05, 3.63) is 12.2 Å². The Labute approximate surface area is 44.0 Å². The molecule has 0 aromatic rings. The van der Waals surface area contributed by atoms with E-state index in [4.69, 9.17) is 0 Å². The summed E-state index contributed by atoms with van der Waals surface area (Å²) >= 11 is 0. The van der Waals surface area contributed by atoms with Crippen LogP contribution in [0, 0.1) is 0 Å². The molecule has 1 nitrogen and oxygen atoms in total. The van der Waals surface area contributed by atoms with Gasteiger partial charge in [0.1, 0.15) is 0 Å². The molecule has 0 bridgehead atoms. The first kappa shape index (κ1) is 6.41. The van der Waals surface area contributed by atoms with E-state index in [0.717, 1.165) is 6.42 Å². The molecular weight excluding hydrogens is 88.1 g/mol. The zero-order valence-corrected chi connectivity index (χ0v) is 4.48. The maximum atomic E-state index is 9.52. The van der Waals surface area contributed by atoms with Crippen molar-refractivity contribution in [1.29, 1.82) is 0 Å². The minimum atomic E-state index is 0.532. The van der Waals surface area contributed by atoms with Crippen molar-refractivity contribution in [2.45, 2.75) is 19.8 Å². The number of allylic oxidation sites excluding steroid dienone is 2. The SMILES string of the molecule is C/C=C/CC[C]=O. The number of unbranched alkanes of at least 4 members (excludes halogenated alkanes) is 1. The highest BCUT2D eigenvalue weighted by atomic mass is 16.1. The van der Waals surface area contributed by atoms with Gasteiger partial charge in [-0.1, -0.05) is 12.2 Å². The van der Waals surface area contributed by atoms with Crippen molar-refractivity contribution in [2.75, 3.05) is 0 Å². The lowest BCUT2D eigenvalue weighted by atomic mass is 10.3. The van der Waals surface area contributed by atoms with Crippen LogP contribution in [0.1, 0.15) is 19.8 Å². The van der Waals surface area contributed by atoms with E-state index >= 15 is 0 Å². The van der Waals surface area contributed by atoms with E-state index in [-0.39, 0.29) is 0 Å². The lowest BCUT2D eigenvalue weighted by Crippen LogP contribution is -1.67. The van der Waals surface area contributed by atoms with Gasteiger partial charge in [0, 0.05) is 6.42 Å². The molecule has 0 amide bonds. The van der Waals surface area contributed by atoms with Crippen molar-refractivity contribution < 1.29 is 4.79 Å². The third-order valence-corrected chi connectivity index (χ3v) is 0.649. The predicted molar refractivity (Wildman–Crippen MR) is 29.7 cm³/mol. The van der Waals surface area contributed by atoms with Crippen LogP contribution in [0.25, 0.3) is 0 Å². The first-order valence-electron chi connectivity index (χ1n) is 2.38. The van der Waals surface area contributed by atoms with Gasteiger partial charge in [-0.25, -0.2) is 0 Å². The molecule has 1 heteroatoms. The molecule has 7 heavy (non-hydrogen) atoms. The van der Waals surface area contributed by atoms with Crippen LogP contribution < -0.4 is 0 Å². The zero-order chi connectivity index (χ0) is 5.54. The largest absolute Gasteiger partial charge is 0.291 e. The maximum absolute atomic E-state index is 9.52. The Morgan fingerprint density at radius 2 is 2.43 bits per heavy atom. The molecule has 0 heterocycles. The van der Waals surface area contributed by atoms with Gasteiger partial charge in [-0.2, -0.15) is 0 Å². The Hall–Kier alpha value is -0.590. The average Bonchev–Trinajstić information content (AvgIpc) is 1.69. The van der Waals surface area contributed by atoms with Gasteiger partial charge < -0.3 is 0 Å². The fourth-order valence-electron chi connectivity index (χ4n) is 0.309. The molecule has 0 spiro atoms. The molecule has 0 aliphatic carbocycles. The molecule has 0 atom stereocenters. The summed E-state index contributed by atoms with van der Waals surface area (Å²) in [4.78, 5) is 9.52. The lowest BCUT2D eigenvalue weighted by Gasteiger charge is -1.75. The van der Waals surface area contributed by atoms with Crippen LogP contribution in [0.4, 0.5) is 0 Å². The summed E-state index contributed by atoms with van der Waals surface area (Å²) in [7, 11) is 0. The summed E-state index contributed by atoms with van der Waals surface area (Å²) < 4.78 is 0. The maximum Gasteiger partial charge on any atom is 0.198 e. The van der Waals surface area contributed by atoms with Crippen molar-refractivity contribution >= 4 is 6.29 Å². The van der Waals surface area contributed by atoms with Crippen LogP contribution in [0.5, 0.6) is 0 Å². The van der Waals surface area contributed by atoms with E-state index in [1.54, 1.807) is 6.29 Å². The minimum absolute atomic E-state index is 0.532. The number of carbonyl (C=O) groups excluding carboxylic acids is 1. The van der Waals surface area contributed by atoms with Crippen LogP contribution in [-0.2, 0) is 4.79 Å². The standard InChI is InChI=1S/C6H9O/c1-2-3-4-5-6-7/h2-3H,4-5H2,1H3/b3-2+. The molecule has 0 saturated heterocycles. The van der Waals surface area contributed by atoms with Gasteiger partial charge in [0.25, 0.3) is 0 Å². The molecular formula is C6H9O. The molecule has 39 valence electrons. The normalized spacial score (nSPS) is 9.86. The molecule has 0 N–H and O–H groups in total. The second kappa shape index (κ2) is 5.41. The van der Waals surface area contributed by atoms with Crippen molar-refractivity contribution in [2.24, 2.45) is 0 Å². The Kier molecular flexibility index (Phi) is 4.95. The molecule has 0 aliphatic rings. The number of hydrogen-bond acceptors (Lipinski definition) is 1. The topological polar surface area (TPSA) is 17.1 Å². The predicted octanol–water partition coefficient (Wildman–Crippen LogP) is 1.45. The number of hydrogen-bond donors (Lipinski definition) is 0. The average molecular weight is 97.1 g/mol. The molecule has 0 saturated carbocycles. The third kappa shape index (κ3) is 5.41. The van der Waals surface area contributed by atoms with Gasteiger partial charge in [-0.15, -0.1) is 0 Å². The fourth-order valence-corrected chi connectivity index (χ4v) is 0.309. The van der Waals surface area contributed by atoms with Crippen LogP contribution in [0.2, 0.25) is 0 Å². The van der Waals surface area contributed by atoms with Crippen LogP contribution in [0.3, 0.4) is 0 Å². The van der Waals surface area contributed by atoms with E-state index in [1.807, 2.05) is 19.1 Å². The molecule has 0 aliphatic heterocycles. The van der Waals surface area contributed by atoms with E-state index in [0.29, 0.717) is 6.42 Å². The first-order valence-corrected chi connectivity index (χ1v) is 2.38.